The first-order chi connectivity index (χ1) is 11.9. The molecule has 0 saturated heterocycles. The minimum atomic E-state index is -3.42. The second-order valence-electron chi connectivity index (χ2n) is 5.94. The van der Waals surface area contributed by atoms with Crippen LogP contribution in [0, 0.1) is 0 Å². The summed E-state index contributed by atoms with van der Waals surface area (Å²) in [5, 5.41) is 0. The maximum absolute atomic E-state index is 12.0. The Kier molecular flexibility index (Phi) is 13.7. The van der Waals surface area contributed by atoms with Crippen LogP contribution in [0.4, 0.5) is 0 Å². The second kappa shape index (κ2) is 14.3. The van der Waals surface area contributed by atoms with Gasteiger partial charge in [-0.3, -0.25) is 9.08 Å². The van der Waals surface area contributed by atoms with Gasteiger partial charge >= 0.3 is 5.97 Å². The Hall–Kier alpha value is -0.920. The van der Waals surface area contributed by atoms with Crippen molar-refractivity contribution in [1.82, 2.24) is 4.90 Å². The first kappa shape index (κ1) is 24.1. The van der Waals surface area contributed by atoms with Crippen molar-refractivity contribution in [2.24, 2.45) is 0 Å². The first-order valence-corrected chi connectivity index (χ1v) is 10.9. The van der Waals surface area contributed by atoms with Crippen LogP contribution in [-0.2, 0) is 23.8 Å². The van der Waals surface area contributed by atoms with E-state index in [1.807, 2.05) is 19.9 Å². The molecule has 0 aromatic heterocycles. The van der Waals surface area contributed by atoms with E-state index in [1.54, 1.807) is 0 Å². The van der Waals surface area contributed by atoms with Crippen LogP contribution in [0.1, 0.15) is 65.7 Å². The number of hydrogen-bond donors (Lipinski definition) is 0. The highest BCUT2D eigenvalue weighted by molar-refractivity contribution is 7.86. The predicted molar refractivity (Wildman–Crippen MR) is 101 cm³/mol. The third-order valence-electron chi connectivity index (χ3n) is 4.05. The number of rotatable bonds is 15. The Labute approximate surface area is 153 Å². The molecule has 1 atom stereocenters. The second-order valence-corrected chi connectivity index (χ2v) is 7.79. The largest absolute Gasteiger partial charge is 0.443 e. The van der Waals surface area contributed by atoms with Gasteiger partial charge in [0, 0.05) is 6.08 Å². The van der Waals surface area contributed by atoms with Crippen LogP contribution >= 0.6 is 0 Å². The van der Waals surface area contributed by atoms with Gasteiger partial charge in [-0.2, -0.15) is 8.42 Å². The van der Waals surface area contributed by atoms with Crippen LogP contribution in [-0.4, -0.2) is 51.5 Å². The quantitative estimate of drug-likeness (QED) is 0.143. The van der Waals surface area contributed by atoms with Gasteiger partial charge in [-0.05, 0) is 45.2 Å². The van der Waals surface area contributed by atoms with Crippen LogP contribution < -0.4 is 0 Å². The molecule has 0 bridgehead atoms. The Balaban J connectivity index is 4.45. The van der Waals surface area contributed by atoms with E-state index in [0.717, 1.165) is 38.8 Å². The van der Waals surface area contributed by atoms with E-state index in [0.29, 0.717) is 19.3 Å². The smallest absolute Gasteiger partial charge is 0.331 e. The van der Waals surface area contributed by atoms with Gasteiger partial charge in [0.05, 0.1) is 12.9 Å². The Bertz CT molecular complexity index is 472. The third-order valence-corrected chi connectivity index (χ3v) is 5.35. The number of hydrogen-bond acceptors (Lipinski definition) is 6. The van der Waals surface area contributed by atoms with Crippen molar-refractivity contribution < 1.29 is 22.1 Å². The summed E-state index contributed by atoms with van der Waals surface area (Å²) in [6.07, 6.45) is 9.05. The van der Waals surface area contributed by atoms with E-state index in [2.05, 4.69) is 16.0 Å². The molecule has 148 valence electrons. The molecule has 0 aliphatic heterocycles. The van der Waals surface area contributed by atoms with Gasteiger partial charge < -0.3 is 4.74 Å². The van der Waals surface area contributed by atoms with Crippen molar-refractivity contribution in [3.05, 3.63) is 12.2 Å². The van der Waals surface area contributed by atoms with Crippen LogP contribution in [0.2, 0.25) is 0 Å². The average molecular weight is 378 g/mol. The molecule has 0 heterocycles. The van der Waals surface area contributed by atoms with Gasteiger partial charge in [-0.25, -0.2) is 4.79 Å². The lowest BCUT2D eigenvalue weighted by molar-refractivity contribution is -0.153. The molecule has 0 aromatic rings. The summed E-state index contributed by atoms with van der Waals surface area (Å²) in [6.45, 7) is 7.71. The third kappa shape index (κ3) is 12.1. The summed E-state index contributed by atoms with van der Waals surface area (Å²) in [7, 11) is -2.25. The van der Waals surface area contributed by atoms with Crippen molar-refractivity contribution in [2.75, 3.05) is 26.0 Å². The number of nitrogens with zero attached hydrogens (tertiary/aromatic N) is 1. The Morgan fingerprint density at radius 2 is 1.76 bits per heavy atom. The van der Waals surface area contributed by atoms with Gasteiger partial charge in [-0.15, -0.1) is 0 Å². The van der Waals surface area contributed by atoms with E-state index in [9.17, 15) is 13.2 Å². The monoisotopic (exact) mass is 377 g/mol. The lowest BCUT2D eigenvalue weighted by atomic mass is 10.2. The van der Waals surface area contributed by atoms with Crippen LogP contribution in [0.5, 0.6) is 0 Å². The van der Waals surface area contributed by atoms with E-state index in [1.165, 1.54) is 13.2 Å². The van der Waals surface area contributed by atoms with Crippen molar-refractivity contribution in [1.29, 1.82) is 0 Å². The molecule has 0 aliphatic rings. The van der Waals surface area contributed by atoms with Crippen LogP contribution in [0.25, 0.3) is 0 Å². The van der Waals surface area contributed by atoms with Crippen molar-refractivity contribution in [3.63, 3.8) is 0 Å². The SMILES string of the molecule is CCCCCC=CC(=O)OC(CCCCS(=O)(=O)OC)N(CC)CC. The fraction of sp³-hybridized carbons (Fsp3) is 0.833. The number of ether oxygens (including phenoxy) is 1. The summed E-state index contributed by atoms with van der Waals surface area (Å²) >= 11 is 0. The standard InChI is InChI=1S/C18H35NO5S/c1-5-8-9-10-11-15-18(20)24-17(19(6-2)7-3)14-12-13-16-25(21,22)23-4/h11,15,17H,5-10,12-14,16H2,1-4H3. The summed E-state index contributed by atoms with van der Waals surface area (Å²) in [6, 6.07) is 0. The number of carbonyl (C=O) groups excluding carboxylic acids is 1. The zero-order chi connectivity index (χ0) is 19.1. The maximum atomic E-state index is 12.0. The fourth-order valence-corrected chi connectivity index (χ4v) is 3.22. The molecule has 25 heavy (non-hydrogen) atoms. The number of esters is 1. The molecule has 0 aliphatic carbocycles. The highest BCUT2D eigenvalue weighted by Crippen LogP contribution is 2.12. The first-order valence-electron chi connectivity index (χ1n) is 9.29. The summed E-state index contributed by atoms with van der Waals surface area (Å²) in [4.78, 5) is 14.1. The van der Waals surface area contributed by atoms with Crippen molar-refractivity contribution in [3.8, 4) is 0 Å². The lowest BCUT2D eigenvalue weighted by Gasteiger charge is -2.28. The highest BCUT2D eigenvalue weighted by atomic mass is 32.2. The van der Waals surface area contributed by atoms with Crippen molar-refractivity contribution >= 4 is 16.1 Å². The molecule has 0 radical (unpaired) electrons. The Morgan fingerprint density at radius 3 is 2.32 bits per heavy atom. The van der Waals surface area contributed by atoms with E-state index >= 15 is 0 Å². The highest BCUT2D eigenvalue weighted by Gasteiger charge is 2.19. The molecular weight excluding hydrogens is 342 g/mol. The fourth-order valence-electron chi connectivity index (χ4n) is 2.49. The van der Waals surface area contributed by atoms with Crippen LogP contribution in [0.15, 0.2) is 12.2 Å². The molecule has 0 amide bonds. The average Bonchev–Trinajstić information content (AvgIpc) is 2.59. The molecule has 1 unspecified atom stereocenters. The molecule has 0 rings (SSSR count). The molecule has 7 heteroatoms. The number of carbonyl (C=O) groups is 1. The van der Waals surface area contributed by atoms with Gasteiger partial charge in [0.2, 0.25) is 0 Å². The van der Waals surface area contributed by atoms with Gasteiger partial charge in [0.1, 0.15) is 0 Å². The van der Waals surface area contributed by atoms with Gasteiger partial charge in [0.25, 0.3) is 10.1 Å². The molecule has 6 nitrogen and oxygen atoms in total. The molecular formula is C18H35NO5S. The molecule has 0 spiro atoms. The summed E-state index contributed by atoms with van der Waals surface area (Å²) in [5.74, 6) is -0.349. The predicted octanol–water partition coefficient (Wildman–Crippen LogP) is 3.48. The zero-order valence-electron chi connectivity index (χ0n) is 16.2. The molecule has 0 aromatic carbocycles. The van der Waals surface area contributed by atoms with Crippen molar-refractivity contribution in [2.45, 2.75) is 71.9 Å². The van der Waals surface area contributed by atoms with Gasteiger partial charge in [0.15, 0.2) is 6.23 Å². The maximum Gasteiger partial charge on any atom is 0.331 e. The molecule has 0 saturated carbocycles. The number of allylic oxidation sites excluding steroid dienone is 1. The molecule has 0 fully saturated rings. The van der Waals surface area contributed by atoms with Crippen LogP contribution in [0.3, 0.4) is 0 Å². The minimum Gasteiger partial charge on any atom is -0.443 e. The normalized spacial score (nSPS) is 13.5. The number of unbranched alkanes of at least 4 members (excludes halogenated alkanes) is 4. The van der Waals surface area contributed by atoms with E-state index < -0.39 is 10.1 Å². The topological polar surface area (TPSA) is 72.9 Å². The van der Waals surface area contributed by atoms with Gasteiger partial charge in [-0.1, -0.05) is 39.7 Å². The minimum absolute atomic E-state index is 0.0141. The zero-order valence-corrected chi connectivity index (χ0v) is 17.0. The molecule has 0 N–H and O–H groups in total. The summed E-state index contributed by atoms with van der Waals surface area (Å²) < 4.78 is 32.7. The summed E-state index contributed by atoms with van der Waals surface area (Å²) in [5.41, 5.74) is 0. The van der Waals surface area contributed by atoms with E-state index in [4.69, 9.17) is 4.74 Å². The lowest BCUT2D eigenvalue weighted by Crippen LogP contribution is -2.38. The Morgan fingerprint density at radius 1 is 1.08 bits per heavy atom. The van der Waals surface area contributed by atoms with E-state index in [-0.39, 0.29) is 18.0 Å².